The molecule has 1 aliphatic rings. The molecular weight excluding hydrogens is 526 g/mol. The first-order chi connectivity index (χ1) is 18.9. The molecule has 14 heteroatoms. The van der Waals surface area contributed by atoms with Crippen LogP contribution in [0.25, 0.3) is 0 Å². The maximum absolute atomic E-state index is 12.0. The molecule has 0 radical (unpaired) electrons. The molecule has 2 heterocycles. The Bertz CT molecular complexity index is 1120. The van der Waals surface area contributed by atoms with E-state index in [1.807, 2.05) is 38.1 Å². The second-order valence-corrected chi connectivity index (χ2v) is 10.2. The fourth-order valence-electron chi connectivity index (χ4n) is 4.35. The summed E-state index contributed by atoms with van der Waals surface area (Å²) < 4.78 is 11.3. The van der Waals surface area contributed by atoms with Crippen LogP contribution in [0.3, 0.4) is 0 Å². The average Bonchev–Trinajstić information content (AvgIpc) is 3.30. The predicted molar refractivity (Wildman–Crippen MR) is 141 cm³/mol. The number of nitrogens with one attached hydrogen (secondary N) is 3. The van der Waals surface area contributed by atoms with Crippen LogP contribution in [0.15, 0.2) is 24.3 Å². The molecule has 7 atom stereocenters. The summed E-state index contributed by atoms with van der Waals surface area (Å²) in [5.74, 6) is -0.603. The summed E-state index contributed by atoms with van der Waals surface area (Å²) in [5, 5.41) is 61.6. The van der Waals surface area contributed by atoms with Crippen LogP contribution in [0.5, 0.6) is 5.88 Å². The molecule has 222 valence electrons. The van der Waals surface area contributed by atoms with Gasteiger partial charge in [0.05, 0.1) is 12.7 Å². The lowest BCUT2D eigenvalue weighted by molar-refractivity contribution is -0.278. The quantitative estimate of drug-likeness (QED) is 0.143. The van der Waals surface area contributed by atoms with Gasteiger partial charge in [0, 0.05) is 24.2 Å². The van der Waals surface area contributed by atoms with Gasteiger partial charge in [0.25, 0.3) is 0 Å². The normalized spacial score (nSPS) is 24.4. The Hall–Kier alpha value is -3.27. The highest BCUT2D eigenvalue weighted by molar-refractivity contribution is 5.86. The maximum atomic E-state index is 12.0. The zero-order chi connectivity index (χ0) is 29.6. The average molecular weight is 566 g/mol. The lowest BCUT2D eigenvalue weighted by Crippen LogP contribution is -2.60. The van der Waals surface area contributed by atoms with Gasteiger partial charge in [0.2, 0.25) is 18.1 Å². The summed E-state index contributed by atoms with van der Waals surface area (Å²) in [6.07, 6.45) is -7.28. The van der Waals surface area contributed by atoms with Crippen LogP contribution in [-0.2, 0) is 22.4 Å². The van der Waals surface area contributed by atoms with Gasteiger partial charge >= 0.3 is 6.03 Å². The number of aromatic nitrogens is 2. The molecule has 1 saturated heterocycles. The van der Waals surface area contributed by atoms with Crippen molar-refractivity contribution in [2.45, 2.75) is 82.4 Å². The van der Waals surface area contributed by atoms with E-state index in [9.17, 15) is 35.1 Å². The van der Waals surface area contributed by atoms with E-state index < -0.39 is 61.4 Å². The Kier molecular flexibility index (Phi) is 10.8. The molecule has 40 heavy (non-hydrogen) atoms. The van der Waals surface area contributed by atoms with Crippen LogP contribution in [0.4, 0.5) is 4.79 Å². The van der Waals surface area contributed by atoms with E-state index >= 15 is 0 Å². The summed E-state index contributed by atoms with van der Waals surface area (Å²) in [6.45, 7) is 5.03. The van der Waals surface area contributed by atoms with Crippen molar-refractivity contribution in [1.82, 2.24) is 20.8 Å². The number of aliphatic hydroxyl groups excluding tert-OH is 5. The number of aromatic amines is 1. The zero-order valence-electron chi connectivity index (χ0n) is 22.7. The Morgan fingerprint density at radius 2 is 1.75 bits per heavy atom. The highest BCUT2D eigenvalue weighted by atomic mass is 16.7. The number of carbonyl (C=O) groups is 2. The molecule has 1 fully saturated rings. The van der Waals surface area contributed by atoms with Gasteiger partial charge in [-0.25, -0.2) is 4.79 Å². The van der Waals surface area contributed by atoms with Gasteiger partial charge in [-0.15, -0.1) is 5.10 Å². The van der Waals surface area contributed by atoms with E-state index in [1.54, 1.807) is 0 Å². The van der Waals surface area contributed by atoms with E-state index in [0.717, 1.165) is 22.4 Å². The van der Waals surface area contributed by atoms with Gasteiger partial charge in [-0.3, -0.25) is 9.89 Å². The largest absolute Gasteiger partial charge is 0.443 e. The molecule has 0 saturated carbocycles. The van der Waals surface area contributed by atoms with Crippen molar-refractivity contribution in [2.75, 3.05) is 13.2 Å². The lowest BCUT2D eigenvalue weighted by Gasteiger charge is -2.39. The summed E-state index contributed by atoms with van der Waals surface area (Å²) in [4.78, 5) is 23.3. The smallest absolute Gasteiger partial charge is 0.315 e. The van der Waals surface area contributed by atoms with Crippen LogP contribution >= 0.6 is 0 Å². The van der Waals surface area contributed by atoms with Gasteiger partial charge in [0.15, 0.2) is 0 Å². The SMILES string of the molecule is CC(C)c1[nH]nc(O[C@@H]2O[C@H](CO)[C@@H](O)[C@H](O)[C@H]2O)c1Cc1ccc(CCNC(=O)N[C@H](C(N)=O)[C@@H](C)O)cc1. The lowest BCUT2D eigenvalue weighted by atomic mass is 9.98. The number of aliphatic hydroxyl groups is 5. The van der Waals surface area contributed by atoms with Gasteiger partial charge in [0.1, 0.15) is 30.5 Å². The number of hydrogen-bond acceptors (Lipinski definition) is 10. The third-order valence-corrected chi connectivity index (χ3v) is 6.69. The molecule has 0 aliphatic carbocycles. The summed E-state index contributed by atoms with van der Waals surface area (Å²) >= 11 is 0. The second-order valence-electron chi connectivity index (χ2n) is 10.2. The van der Waals surface area contributed by atoms with Crippen molar-refractivity contribution >= 4 is 11.9 Å². The van der Waals surface area contributed by atoms with Crippen molar-refractivity contribution in [3.8, 4) is 5.88 Å². The number of benzene rings is 1. The van der Waals surface area contributed by atoms with Gasteiger partial charge < -0.3 is 51.4 Å². The van der Waals surface area contributed by atoms with E-state index in [1.165, 1.54) is 6.92 Å². The van der Waals surface area contributed by atoms with E-state index in [0.29, 0.717) is 12.8 Å². The monoisotopic (exact) mass is 565 g/mol. The number of H-pyrrole nitrogens is 1. The minimum absolute atomic E-state index is 0.0640. The highest BCUT2D eigenvalue weighted by Crippen LogP contribution is 2.31. The molecule has 1 aliphatic heterocycles. The minimum Gasteiger partial charge on any atom is -0.443 e. The summed E-state index contributed by atoms with van der Waals surface area (Å²) in [7, 11) is 0. The number of amides is 3. The molecule has 3 rings (SSSR count). The number of primary amides is 1. The number of urea groups is 1. The molecule has 1 aromatic heterocycles. The van der Waals surface area contributed by atoms with Crippen LogP contribution in [0, 0.1) is 0 Å². The molecular formula is C26H39N5O9. The number of carbonyl (C=O) groups excluding carboxylic acids is 2. The Morgan fingerprint density at radius 1 is 1.10 bits per heavy atom. The van der Waals surface area contributed by atoms with Crippen molar-refractivity contribution < 1.29 is 44.6 Å². The Labute approximate surface area is 231 Å². The summed E-state index contributed by atoms with van der Waals surface area (Å²) in [6, 6.07) is 5.84. The topological polar surface area (TPSA) is 233 Å². The number of nitrogens with two attached hydrogens (primary N) is 1. The fourth-order valence-corrected chi connectivity index (χ4v) is 4.35. The minimum atomic E-state index is -1.57. The van der Waals surface area contributed by atoms with Crippen LogP contribution in [0.2, 0.25) is 0 Å². The fraction of sp³-hybridized carbons (Fsp3) is 0.577. The third kappa shape index (κ3) is 7.68. The molecule has 2 aromatic rings. The van der Waals surface area contributed by atoms with Crippen LogP contribution in [-0.4, -0.2) is 104 Å². The second kappa shape index (κ2) is 13.9. The van der Waals surface area contributed by atoms with Crippen molar-refractivity contribution in [3.05, 3.63) is 46.6 Å². The molecule has 0 unspecified atom stereocenters. The molecule has 10 N–H and O–H groups in total. The molecule has 0 bridgehead atoms. The van der Waals surface area contributed by atoms with Gasteiger partial charge in [-0.1, -0.05) is 38.1 Å². The number of ether oxygens (including phenoxy) is 2. The van der Waals surface area contributed by atoms with Crippen LogP contribution < -0.4 is 21.1 Å². The first kappa shape index (κ1) is 31.3. The molecule has 14 nitrogen and oxygen atoms in total. The third-order valence-electron chi connectivity index (χ3n) is 6.69. The van der Waals surface area contributed by atoms with Gasteiger partial charge in [-0.05, 0) is 30.4 Å². The first-order valence-electron chi connectivity index (χ1n) is 13.1. The zero-order valence-corrected chi connectivity index (χ0v) is 22.7. The highest BCUT2D eigenvalue weighted by Gasteiger charge is 2.45. The van der Waals surface area contributed by atoms with Crippen molar-refractivity contribution in [2.24, 2.45) is 5.73 Å². The van der Waals surface area contributed by atoms with Crippen LogP contribution in [0.1, 0.15) is 49.1 Å². The Balaban J connectivity index is 1.63. The number of hydrogen-bond donors (Lipinski definition) is 9. The number of nitrogens with zero attached hydrogens (tertiary/aromatic N) is 1. The predicted octanol–water partition coefficient (Wildman–Crippen LogP) is -1.62. The molecule has 0 spiro atoms. The van der Waals surface area contributed by atoms with Crippen molar-refractivity contribution in [1.29, 1.82) is 0 Å². The van der Waals surface area contributed by atoms with Crippen molar-refractivity contribution in [3.63, 3.8) is 0 Å². The standard InChI is InChI=1S/C26H39N5O9/c1-12(2)18-16(24(31-30-18)40-25-22(36)21(35)20(34)17(11-32)39-25)10-15-6-4-14(5-7-15)8-9-28-26(38)29-19(13(3)33)23(27)37/h4-7,12-13,17,19-22,25,32-36H,8-11H2,1-3H3,(H2,27,37)(H,30,31)(H2,28,29,38)/t13-,17-,19+,20-,21+,22-,25+/m1/s1. The molecule has 3 amide bonds. The van der Waals surface area contributed by atoms with E-state index in [4.69, 9.17) is 15.2 Å². The summed E-state index contributed by atoms with van der Waals surface area (Å²) in [5.41, 5.74) is 8.58. The maximum Gasteiger partial charge on any atom is 0.315 e. The number of rotatable bonds is 12. The Morgan fingerprint density at radius 3 is 2.33 bits per heavy atom. The first-order valence-corrected chi connectivity index (χ1v) is 13.1. The van der Waals surface area contributed by atoms with Gasteiger partial charge in [-0.2, -0.15) is 0 Å². The van der Waals surface area contributed by atoms with E-state index in [-0.39, 0.29) is 18.3 Å². The van der Waals surface area contributed by atoms with E-state index in [2.05, 4.69) is 20.8 Å². The molecule has 1 aromatic carbocycles.